The first kappa shape index (κ1) is 36.9. The van der Waals surface area contributed by atoms with Crippen molar-refractivity contribution in [3.63, 3.8) is 0 Å². The molecule has 11 nitrogen and oxygen atoms in total. The van der Waals surface area contributed by atoms with Gasteiger partial charge in [0.25, 0.3) is 11.6 Å². The molecule has 3 aromatic rings. The number of non-ortho nitro benzene ring substituents is 1. The van der Waals surface area contributed by atoms with Crippen LogP contribution in [0.15, 0.2) is 66.7 Å². The lowest BCUT2D eigenvalue weighted by molar-refractivity contribution is -0.385. The average Bonchev–Trinajstić information content (AvgIpc) is 3.55. The highest BCUT2D eigenvalue weighted by molar-refractivity contribution is 6.72. The van der Waals surface area contributed by atoms with Gasteiger partial charge >= 0.3 is 0 Å². The normalized spacial score (nSPS) is 26.0. The predicted molar refractivity (Wildman–Crippen MR) is 200 cm³/mol. The second kappa shape index (κ2) is 14.4. The number of ether oxygens (including phenoxy) is 1. The van der Waals surface area contributed by atoms with E-state index in [0.29, 0.717) is 37.2 Å². The average molecular weight is 743 g/mol. The van der Waals surface area contributed by atoms with Crippen molar-refractivity contribution in [1.82, 2.24) is 4.90 Å². The number of amides is 3. The van der Waals surface area contributed by atoms with Crippen molar-refractivity contribution in [1.29, 1.82) is 0 Å². The zero-order chi connectivity index (χ0) is 37.7. The van der Waals surface area contributed by atoms with Crippen LogP contribution in [0.2, 0.25) is 18.6 Å². The van der Waals surface area contributed by atoms with Gasteiger partial charge in [-0.1, -0.05) is 56.2 Å². The number of aliphatic hydroxyl groups is 1. The minimum Gasteiger partial charge on any atom is -0.394 e. The smallest absolute Gasteiger partial charge is 0.269 e. The molecule has 0 bridgehead atoms. The maximum atomic E-state index is 16.5. The first-order chi connectivity index (χ1) is 25.3. The molecule has 0 aliphatic carbocycles. The van der Waals surface area contributed by atoms with Gasteiger partial charge in [-0.15, -0.1) is 0 Å². The molecule has 1 N–H and O–H groups in total. The Labute approximate surface area is 310 Å². The number of fused-ring (bicyclic) bond motifs is 3. The Morgan fingerprint density at radius 1 is 1.04 bits per heavy atom. The van der Waals surface area contributed by atoms with Crippen LogP contribution in [0.5, 0.6) is 0 Å². The van der Waals surface area contributed by atoms with E-state index in [1.807, 2.05) is 53.4 Å². The summed E-state index contributed by atoms with van der Waals surface area (Å²) in [6.45, 7) is 5.68. The summed E-state index contributed by atoms with van der Waals surface area (Å²) in [6.07, 6.45) is 3.74. The Bertz CT molecular complexity index is 1920. The molecule has 0 aromatic heterocycles. The highest BCUT2D eigenvalue weighted by Gasteiger charge is 2.67. The van der Waals surface area contributed by atoms with E-state index in [9.17, 15) is 29.6 Å². The van der Waals surface area contributed by atoms with E-state index in [1.54, 1.807) is 35.9 Å². The van der Waals surface area contributed by atoms with Crippen LogP contribution >= 0.6 is 0 Å². The van der Waals surface area contributed by atoms with E-state index in [4.69, 9.17) is 4.74 Å². The van der Waals surface area contributed by atoms with Crippen LogP contribution in [-0.2, 0) is 44.2 Å². The SMILES string of the molecule is C[C@@H]1[C@@H]([Si](C)(C)F)[C@H](CC(=O)N2Cc3ccccc3C[C@H]2CO)O[C@@]12C(=O)N(Cc1ccc(N3CCCCCCC3=O)cc1)c1ccc([N+](=O)[O-])cc12. The van der Waals surface area contributed by atoms with Crippen molar-refractivity contribution in [3.8, 4) is 0 Å². The molecule has 5 atom stereocenters. The summed E-state index contributed by atoms with van der Waals surface area (Å²) in [6, 6.07) is 19.1. The van der Waals surface area contributed by atoms with Crippen LogP contribution in [0.25, 0.3) is 0 Å². The highest BCUT2D eigenvalue weighted by Crippen LogP contribution is 2.60. The monoisotopic (exact) mass is 742 g/mol. The highest BCUT2D eigenvalue weighted by atomic mass is 28.4. The molecule has 13 heteroatoms. The minimum atomic E-state index is -3.64. The van der Waals surface area contributed by atoms with Gasteiger partial charge in [0.1, 0.15) is 0 Å². The van der Waals surface area contributed by atoms with Gasteiger partial charge in [0.2, 0.25) is 20.2 Å². The van der Waals surface area contributed by atoms with E-state index >= 15 is 4.11 Å². The zero-order valence-electron chi connectivity index (χ0n) is 30.5. The van der Waals surface area contributed by atoms with Crippen molar-refractivity contribution >= 4 is 43.2 Å². The minimum absolute atomic E-state index is 0.0934. The number of anilines is 2. The Hall–Kier alpha value is -4.46. The third-order valence-electron chi connectivity index (χ3n) is 11.8. The quantitative estimate of drug-likeness (QED) is 0.120. The second-order valence-corrected chi connectivity index (χ2v) is 19.3. The summed E-state index contributed by atoms with van der Waals surface area (Å²) >= 11 is 0. The summed E-state index contributed by atoms with van der Waals surface area (Å²) in [7, 11) is -3.64. The van der Waals surface area contributed by atoms with Crippen molar-refractivity contribution in [3.05, 3.63) is 99.1 Å². The number of nitro benzene ring substituents is 1. The summed E-state index contributed by atoms with van der Waals surface area (Å²) < 4.78 is 23.3. The van der Waals surface area contributed by atoms with Crippen LogP contribution in [0, 0.1) is 16.0 Å². The molecular formula is C40H47FN4O7Si. The largest absolute Gasteiger partial charge is 0.394 e. The number of carbonyl (C=O) groups excluding carboxylic acids is 3. The standard InChI is InChI=1S/C40H47FN4O7Si/c1-26-38(53(2,3)41)35(22-37(48)43-24-29-11-8-7-10-28(29)20-32(43)25-46)52-40(26)33-21-31(45(50)51)17-18-34(33)44(39(40)49)23-27-13-15-30(16-14-27)42-19-9-5-4-6-12-36(42)47/h7-8,10-11,13-18,21,26,32,35,38,46H,4-6,9,12,19-20,22-25H2,1-3H3/t26-,32+,35+,38-,40+/m1/s1. The van der Waals surface area contributed by atoms with Gasteiger partial charge in [-0.05, 0) is 67.2 Å². The number of hydrogen-bond acceptors (Lipinski definition) is 7. The van der Waals surface area contributed by atoms with Gasteiger partial charge < -0.3 is 28.7 Å². The van der Waals surface area contributed by atoms with Crippen molar-refractivity contribution in [2.75, 3.05) is 23.0 Å². The fourth-order valence-corrected chi connectivity index (χ4v) is 11.7. The van der Waals surface area contributed by atoms with E-state index < -0.39 is 48.4 Å². The number of rotatable bonds is 8. The number of aliphatic hydroxyl groups excluding tert-OH is 1. The van der Waals surface area contributed by atoms with Crippen LogP contribution in [-0.4, -0.2) is 66.4 Å². The Kier molecular flexibility index (Phi) is 10.0. The van der Waals surface area contributed by atoms with E-state index in [-0.39, 0.29) is 37.1 Å². The zero-order valence-corrected chi connectivity index (χ0v) is 31.5. The molecule has 4 heterocycles. The van der Waals surface area contributed by atoms with Gasteiger partial charge in [-0.3, -0.25) is 24.5 Å². The molecule has 2 fully saturated rings. The molecule has 7 rings (SSSR count). The molecule has 0 radical (unpaired) electrons. The Balaban J connectivity index is 1.21. The number of hydrogen-bond donors (Lipinski definition) is 1. The second-order valence-electron chi connectivity index (χ2n) is 15.5. The molecular weight excluding hydrogens is 696 g/mol. The lowest BCUT2D eigenvalue weighted by Crippen LogP contribution is -2.48. The van der Waals surface area contributed by atoms with E-state index in [0.717, 1.165) is 48.1 Å². The van der Waals surface area contributed by atoms with Gasteiger partial charge in [-0.2, -0.15) is 0 Å². The Morgan fingerprint density at radius 2 is 1.75 bits per heavy atom. The van der Waals surface area contributed by atoms with Gasteiger partial charge in [0.15, 0.2) is 5.60 Å². The maximum absolute atomic E-state index is 16.5. The van der Waals surface area contributed by atoms with Gasteiger partial charge in [0.05, 0.1) is 42.3 Å². The third kappa shape index (κ3) is 6.67. The van der Waals surface area contributed by atoms with Crippen LogP contribution in [0.3, 0.4) is 0 Å². The van der Waals surface area contributed by atoms with Crippen molar-refractivity contribution in [2.45, 2.75) is 101 Å². The summed E-state index contributed by atoms with van der Waals surface area (Å²) in [5.74, 6) is -1.42. The van der Waals surface area contributed by atoms with Gasteiger partial charge in [-0.25, -0.2) is 0 Å². The molecule has 3 aromatic carbocycles. The fraction of sp³-hybridized carbons (Fsp3) is 0.475. The summed E-state index contributed by atoms with van der Waals surface area (Å²) in [4.78, 5) is 58.4. The van der Waals surface area contributed by atoms with Crippen molar-refractivity contribution < 1.29 is 33.3 Å². The molecule has 4 aliphatic rings. The number of nitrogens with zero attached hydrogens (tertiary/aromatic N) is 4. The Morgan fingerprint density at radius 3 is 2.45 bits per heavy atom. The van der Waals surface area contributed by atoms with Crippen LogP contribution in [0.4, 0.5) is 21.2 Å². The van der Waals surface area contributed by atoms with E-state index in [1.165, 1.54) is 12.1 Å². The molecule has 1 spiro atoms. The molecule has 3 amide bonds. The molecule has 2 saturated heterocycles. The van der Waals surface area contributed by atoms with E-state index in [2.05, 4.69) is 0 Å². The number of benzene rings is 3. The first-order valence-corrected chi connectivity index (χ1v) is 21.6. The molecule has 53 heavy (non-hydrogen) atoms. The fourth-order valence-electron chi connectivity index (χ4n) is 9.23. The van der Waals surface area contributed by atoms with Crippen LogP contribution in [0.1, 0.15) is 67.7 Å². The van der Waals surface area contributed by atoms with Gasteiger partial charge in [0, 0.05) is 54.4 Å². The molecule has 4 aliphatic heterocycles. The topological polar surface area (TPSA) is 134 Å². The molecule has 0 saturated carbocycles. The third-order valence-corrected chi connectivity index (χ3v) is 14.3. The molecule has 280 valence electrons. The number of carbonyl (C=O) groups is 3. The number of nitro groups is 1. The van der Waals surface area contributed by atoms with Crippen molar-refractivity contribution in [2.24, 2.45) is 5.92 Å². The summed E-state index contributed by atoms with van der Waals surface area (Å²) in [5.41, 5.74) is 1.57. The first-order valence-electron chi connectivity index (χ1n) is 18.7. The summed E-state index contributed by atoms with van der Waals surface area (Å²) in [5, 5.41) is 22.3. The predicted octanol–water partition coefficient (Wildman–Crippen LogP) is 6.55. The van der Waals surface area contributed by atoms with Crippen LogP contribution < -0.4 is 9.80 Å². The lowest BCUT2D eigenvalue weighted by atomic mass is 9.82. The lowest BCUT2D eigenvalue weighted by Gasteiger charge is -2.37. The molecule has 0 unspecified atom stereocenters. The maximum Gasteiger partial charge on any atom is 0.269 e. The number of halogens is 1.